The maximum absolute atomic E-state index is 8.95. The number of aromatic hydroxyl groups is 1. The Morgan fingerprint density at radius 2 is 1.50 bits per heavy atom. The molecule has 1 aromatic carbocycles. The first kappa shape index (κ1) is 15.5. The summed E-state index contributed by atoms with van der Waals surface area (Å²) in [6, 6.07) is 6.71. The summed E-state index contributed by atoms with van der Waals surface area (Å²) < 4.78 is 0. The fourth-order valence-electron chi connectivity index (χ4n) is 0.645. The number of benzene rings is 1. The zero-order chi connectivity index (χ0) is 11.4. The Morgan fingerprint density at radius 3 is 1.79 bits per heavy atom. The molecule has 0 aliphatic rings. The van der Waals surface area contributed by atoms with Crippen LogP contribution in [-0.2, 0) is 6.61 Å². The van der Waals surface area contributed by atoms with Gasteiger partial charge < -0.3 is 10.2 Å². The van der Waals surface area contributed by atoms with Crippen LogP contribution in [0, 0.1) is 0 Å². The minimum Gasteiger partial charge on any atom is -0.508 e. The lowest BCUT2D eigenvalue weighted by Gasteiger charge is -1.96. The van der Waals surface area contributed by atoms with Crippen LogP contribution in [0.4, 0.5) is 0 Å². The fraction of sp³-hybridized carbons (Fsp3) is 0.500. The molecule has 0 heterocycles. The third-order valence-corrected chi connectivity index (χ3v) is 1.16. The van der Waals surface area contributed by atoms with Crippen molar-refractivity contribution < 1.29 is 10.2 Å². The number of para-hydroxylation sites is 1. The van der Waals surface area contributed by atoms with E-state index in [-0.39, 0.29) is 12.4 Å². The van der Waals surface area contributed by atoms with Gasteiger partial charge in [0.1, 0.15) is 5.75 Å². The second kappa shape index (κ2) is 12.0. The van der Waals surface area contributed by atoms with E-state index in [2.05, 4.69) is 13.8 Å². The van der Waals surface area contributed by atoms with Crippen molar-refractivity contribution >= 4 is 0 Å². The van der Waals surface area contributed by atoms with Gasteiger partial charge in [-0.25, -0.2) is 0 Å². The Hall–Kier alpha value is -1.02. The molecule has 1 aromatic rings. The third-order valence-electron chi connectivity index (χ3n) is 1.16. The number of aliphatic hydroxyl groups excluding tert-OH is 1. The van der Waals surface area contributed by atoms with Crippen molar-refractivity contribution in [2.45, 2.75) is 40.7 Å². The van der Waals surface area contributed by atoms with Crippen LogP contribution in [0.5, 0.6) is 5.75 Å². The molecule has 0 aromatic heterocycles. The summed E-state index contributed by atoms with van der Waals surface area (Å²) >= 11 is 0. The Balaban J connectivity index is 0. The summed E-state index contributed by atoms with van der Waals surface area (Å²) in [6.45, 7) is 8.15. The molecule has 0 unspecified atom stereocenters. The van der Waals surface area contributed by atoms with Crippen molar-refractivity contribution in [3.63, 3.8) is 0 Å². The van der Waals surface area contributed by atoms with E-state index in [4.69, 9.17) is 10.2 Å². The van der Waals surface area contributed by atoms with Gasteiger partial charge in [0.2, 0.25) is 0 Å². The second-order valence-corrected chi connectivity index (χ2v) is 2.49. The van der Waals surface area contributed by atoms with Crippen LogP contribution >= 0.6 is 0 Å². The zero-order valence-corrected chi connectivity index (χ0v) is 9.62. The van der Waals surface area contributed by atoms with Crippen LogP contribution < -0.4 is 0 Å². The van der Waals surface area contributed by atoms with Crippen LogP contribution in [-0.4, -0.2) is 10.2 Å². The highest BCUT2D eigenvalue weighted by molar-refractivity contribution is 5.30. The van der Waals surface area contributed by atoms with Crippen molar-refractivity contribution in [1.29, 1.82) is 0 Å². The molecule has 2 nitrogen and oxygen atoms in total. The van der Waals surface area contributed by atoms with Gasteiger partial charge in [0.05, 0.1) is 6.61 Å². The molecule has 2 heteroatoms. The fourth-order valence-corrected chi connectivity index (χ4v) is 0.645. The first-order chi connectivity index (χ1) is 6.76. The van der Waals surface area contributed by atoms with Crippen molar-refractivity contribution in [2.24, 2.45) is 0 Å². The first-order valence-corrected chi connectivity index (χ1v) is 5.13. The van der Waals surface area contributed by atoms with E-state index < -0.39 is 0 Å². The maximum atomic E-state index is 8.95. The van der Waals surface area contributed by atoms with Gasteiger partial charge in [-0.05, 0) is 6.07 Å². The molecule has 82 valence electrons. The number of phenols is 1. The molecular weight excluding hydrogens is 176 g/mol. The normalized spacial score (nSPS) is 7.79. The van der Waals surface area contributed by atoms with Gasteiger partial charge in [-0.15, -0.1) is 0 Å². The minimum absolute atomic E-state index is 0.104. The summed E-state index contributed by atoms with van der Waals surface area (Å²) in [5.74, 6) is 0.153. The second-order valence-electron chi connectivity index (χ2n) is 2.49. The van der Waals surface area contributed by atoms with Gasteiger partial charge in [-0.2, -0.15) is 0 Å². The first-order valence-electron chi connectivity index (χ1n) is 5.13. The van der Waals surface area contributed by atoms with Crippen molar-refractivity contribution in [3.8, 4) is 5.75 Å². The van der Waals surface area contributed by atoms with E-state index in [9.17, 15) is 0 Å². The molecule has 0 atom stereocenters. The molecular formula is C12H22O2. The molecule has 0 aliphatic carbocycles. The summed E-state index contributed by atoms with van der Waals surface area (Å²) in [6.07, 6.45) is 1.25. The average molecular weight is 198 g/mol. The Kier molecular flexibility index (Phi) is 13.2. The highest BCUT2D eigenvalue weighted by atomic mass is 16.3. The van der Waals surface area contributed by atoms with Crippen molar-refractivity contribution in [2.75, 3.05) is 0 Å². The van der Waals surface area contributed by atoms with E-state index in [0.29, 0.717) is 5.56 Å². The van der Waals surface area contributed by atoms with Gasteiger partial charge in [-0.1, -0.05) is 52.3 Å². The van der Waals surface area contributed by atoms with E-state index in [1.165, 1.54) is 6.42 Å². The predicted octanol–water partition coefficient (Wildman–Crippen LogP) is 3.33. The number of hydrogen-bond acceptors (Lipinski definition) is 2. The zero-order valence-electron chi connectivity index (χ0n) is 9.62. The molecule has 0 fully saturated rings. The molecule has 1 rings (SSSR count). The van der Waals surface area contributed by atoms with Crippen molar-refractivity contribution in [1.82, 2.24) is 0 Å². The van der Waals surface area contributed by atoms with E-state index in [1.807, 2.05) is 13.8 Å². The van der Waals surface area contributed by atoms with Crippen LogP contribution in [0.2, 0.25) is 0 Å². The lowest BCUT2D eigenvalue weighted by atomic mass is 10.2. The summed E-state index contributed by atoms with van der Waals surface area (Å²) in [4.78, 5) is 0. The molecule has 0 spiro atoms. The lowest BCUT2D eigenvalue weighted by molar-refractivity contribution is 0.275. The quantitative estimate of drug-likeness (QED) is 0.726. The van der Waals surface area contributed by atoms with Crippen LogP contribution in [0.3, 0.4) is 0 Å². The minimum atomic E-state index is -0.104. The molecule has 2 N–H and O–H groups in total. The predicted molar refractivity (Wildman–Crippen MR) is 61.3 cm³/mol. The third kappa shape index (κ3) is 7.62. The van der Waals surface area contributed by atoms with Crippen LogP contribution in [0.1, 0.15) is 39.7 Å². The van der Waals surface area contributed by atoms with Crippen LogP contribution in [0.15, 0.2) is 24.3 Å². The monoisotopic (exact) mass is 198 g/mol. The summed E-state index contributed by atoms with van der Waals surface area (Å²) in [5, 5.41) is 17.5. The Labute approximate surface area is 87.2 Å². The van der Waals surface area contributed by atoms with Gasteiger partial charge >= 0.3 is 0 Å². The Bertz CT molecular complexity index is 209. The Morgan fingerprint density at radius 1 is 1.07 bits per heavy atom. The molecule has 14 heavy (non-hydrogen) atoms. The van der Waals surface area contributed by atoms with Gasteiger partial charge in [-0.3, -0.25) is 0 Å². The summed E-state index contributed by atoms with van der Waals surface area (Å²) in [5.41, 5.74) is 0.567. The van der Waals surface area contributed by atoms with E-state index in [0.717, 1.165) is 0 Å². The van der Waals surface area contributed by atoms with Crippen molar-refractivity contribution in [3.05, 3.63) is 29.8 Å². The number of rotatable bonds is 1. The topological polar surface area (TPSA) is 40.5 Å². The number of hydrogen-bond donors (Lipinski definition) is 2. The molecule has 0 saturated carbocycles. The van der Waals surface area contributed by atoms with Gasteiger partial charge in [0.15, 0.2) is 0 Å². The van der Waals surface area contributed by atoms with Gasteiger partial charge in [0, 0.05) is 5.56 Å². The highest BCUT2D eigenvalue weighted by Crippen LogP contribution is 2.14. The molecule has 0 amide bonds. The highest BCUT2D eigenvalue weighted by Gasteiger charge is 1.93. The largest absolute Gasteiger partial charge is 0.508 e. The average Bonchev–Trinajstić information content (AvgIpc) is 2.23. The van der Waals surface area contributed by atoms with Crippen LogP contribution in [0.25, 0.3) is 0 Å². The number of aliphatic hydroxyl groups is 1. The van der Waals surface area contributed by atoms with E-state index >= 15 is 0 Å². The standard InChI is InChI=1S/C7H8O2.C3H8.C2H6/c8-5-6-3-1-2-4-7(6)9;1-3-2;1-2/h1-4,8-9H,5H2;3H2,1-2H3;1-2H3. The van der Waals surface area contributed by atoms with Gasteiger partial charge in [0.25, 0.3) is 0 Å². The molecule has 0 bridgehead atoms. The van der Waals surface area contributed by atoms with E-state index in [1.54, 1.807) is 24.3 Å². The maximum Gasteiger partial charge on any atom is 0.121 e. The SMILES string of the molecule is CC.CCC.OCc1ccccc1O. The molecule has 0 saturated heterocycles. The lowest BCUT2D eigenvalue weighted by Crippen LogP contribution is -1.80. The molecule has 0 aliphatic heterocycles. The summed E-state index contributed by atoms with van der Waals surface area (Å²) in [7, 11) is 0. The molecule has 0 radical (unpaired) electrons. The smallest absolute Gasteiger partial charge is 0.121 e.